The van der Waals surface area contributed by atoms with E-state index in [1.54, 1.807) is 14.0 Å². The van der Waals surface area contributed by atoms with E-state index in [0.29, 0.717) is 56.7 Å². The van der Waals surface area contributed by atoms with Crippen LogP contribution in [0.1, 0.15) is 139 Å². The normalized spacial score (nSPS) is 24.6. The van der Waals surface area contributed by atoms with Crippen molar-refractivity contribution >= 4 is 58.5 Å². The fraction of sp³-hybridized carbons (Fsp3) is 0.583. The summed E-state index contributed by atoms with van der Waals surface area (Å²) in [5.74, 6) is -2.83. The van der Waals surface area contributed by atoms with Gasteiger partial charge in [0.2, 0.25) is 29.4 Å². The third-order valence-corrected chi connectivity index (χ3v) is 14.5. The Bertz CT molecular complexity index is 2370. The number of nitrogens with two attached hydrogens (primary N) is 2. The second-order valence-corrected chi connectivity index (χ2v) is 19.4. The lowest BCUT2D eigenvalue weighted by Gasteiger charge is -2.43. The maximum absolute atomic E-state index is 14.1. The van der Waals surface area contributed by atoms with Gasteiger partial charge in [0.1, 0.15) is 22.8 Å². The van der Waals surface area contributed by atoms with Crippen molar-refractivity contribution in [1.82, 2.24) is 15.6 Å². The maximum Gasteiger partial charge on any atom is 0.242 e. The number of aliphatic hydroxyl groups is 3. The summed E-state index contributed by atoms with van der Waals surface area (Å²) in [4.78, 5) is 83.8. The second kappa shape index (κ2) is 24.1. The van der Waals surface area contributed by atoms with Crippen LogP contribution >= 0.6 is 11.8 Å². The number of phenolic OH excluding ortho intramolecular Hbond substituents is 2. The highest BCUT2D eigenvalue weighted by Gasteiger charge is 2.50. The van der Waals surface area contributed by atoms with Crippen LogP contribution in [-0.4, -0.2) is 152 Å². The summed E-state index contributed by atoms with van der Waals surface area (Å²) in [5, 5.41) is 63.3. The first-order chi connectivity index (χ1) is 33.4. The Hall–Kier alpha value is -5.49. The van der Waals surface area contributed by atoms with Crippen molar-refractivity contribution in [3.05, 3.63) is 51.6 Å². The number of hydrogen-bond acceptors (Lipinski definition) is 18. The lowest BCUT2D eigenvalue weighted by Crippen LogP contribution is -2.53. The first kappa shape index (κ1) is 53.9. The number of carbonyl (C=O) groups is 6. The average Bonchev–Trinajstić information content (AvgIpc) is 3.60. The maximum atomic E-state index is 14.1. The van der Waals surface area contributed by atoms with Crippen molar-refractivity contribution < 1.29 is 68.5 Å². The number of thioether (sulfide) groups is 1. The number of likely N-dealkylation sites (tertiary alicyclic amines) is 1. The summed E-state index contributed by atoms with van der Waals surface area (Å²) >= 11 is 1.42. The first-order valence-electron chi connectivity index (χ1n) is 23.7. The number of nitrogens with zero attached hydrogens (tertiary/aromatic N) is 3. The topological polar surface area (TPSA) is 335 Å². The summed E-state index contributed by atoms with van der Waals surface area (Å²) in [5.41, 5.74) is 10.5. The van der Waals surface area contributed by atoms with Gasteiger partial charge in [0.25, 0.3) is 0 Å². The lowest BCUT2D eigenvalue weighted by atomic mass is 9.71. The van der Waals surface area contributed by atoms with Gasteiger partial charge in [0.15, 0.2) is 12.1 Å². The molecule has 2 aliphatic carbocycles. The molecule has 11 N–H and O–H groups in total. The Balaban J connectivity index is 1.04. The van der Waals surface area contributed by atoms with Gasteiger partial charge in [-0.15, -0.1) is 11.8 Å². The molecular weight excluding hydrogens is 931 g/mol. The van der Waals surface area contributed by atoms with E-state index < -0.39 is 101 Å². The molecule has 0 spiro atoms. The number of benzene rings is 2. The van der Waals surface area contributed by atoms with Crippen LogP contribution in [0.4, 0.5) is 0 Å². The molecule has 0 radical (unpaired) electrons. The van der Waals surface area contributed by atoms with Gasteiger partial charge in [0, 0.05) is 87.8 Å². The van der Waals surface area contributed by atoms with Gasteiger partial charge in [0.05, 0.1) is 65.5 Å². The predicted octanol–water partition coefficient (Wildman–Crippen LogP) is 1.77. The van der Waals surface area contributed by atoms with Crippen LogP contribution in [-0.2, 0) is 35.1 Å². The zero-order valence-electron chi connectivity index (χ0n) is 39.7. The number of carbonyl (C=O) groups excluding carboxylic acids is 6. The molecule has 22 heteroatoms. The monoisotopic (exact) mass is 995 g/mol. The molecule has 4 aliphatic rings. The number of phenols is 2. The van der Waals surface area contributed by atoms with Crippen LogP contribution in [0.2, 0.25) is 0 Å². The Labute approximate surface area is 409 Å². The van der Waals surface area contributed by atoms with Crippen molar-refractivity contribution in [3.63, 3.8) is 0 Å². The number of imide groups is 1. The Morgan fingerprint density at radius 1 is 0.971 bits per heavy atom. The van der Waals surface area contributed by atoms with Crippen LogP contribution in [0, 0.1) is 0 Å². The molecule has 70 heavy (non-hydrogen) atoms. The Morgan fingerprint density at radius 3 is 2.39 bits per heavy atom. The van der Waals surface area contributed by atoms with Crippen molar-refractivity contribution in [3.8, 4) is 17.2 Å². The second-order valence-electron chi connectivity index (χ2n) is 18.0. The van der Waals surface area contributed by atoms with Crippen LogP contribution in [0.5, 0.6) is 17.2 Å². The number of fused-ring (bicyclic) bond motifs is 3. The van der Waals surface area contributed by atoms with Crippen LogP contribution in [0.15, 0.2) is 28.3 Å². The molecule has 2 fully saturated rings. The molecule has 21 nitrogen and oxygen atoms in total. The number of ether oxygens (including phenoxy) is 3. The van der Waals surface area contributed by atoms with E-state index in [9.17, 15) is 54.3 Å². The van der Waals surface area contributed by atoms with E-state index in [2.05, 4.69) is 20.8 Å². The molecule has 0 saturated carbocycles. The summed E-state index contributed by atoms with van der Waals surface area (Å²) in [6.45, 7) is 1.48. The number of aromatic hydroxyl groups is 2. The van der Waals surface area contributed by atoms with Crippen molar-refractivity contribution in [2.24, 2.45) is 21.6 Å². The Morgan fingerprint density at radius 2 is 1.69 bits per heavy atom. The lowest BCUT2D eigenvalue weighted by molar-refractivity contribution is -0.245. The molecule has 382 valence electrons. The van der Waals surface area contributed by atoms with Gasteiger partial charge in [-0.1, -0.05) is 25.0 Å². The largest absolute Gasteiger partial charge is 0.507 e. The summed E-state index contributed by atoms with van der Waals surface area (Å²) in [6.07, 6.45) is 0.239. The zero-order chi connectivity index (χ0) is 50.9. The van der Waals surface area contributed by atoms with Crippen molar-refractivity contribution in [1.29, 1.82) is 0 Å². The smallest absolute Gasteiger partial charge is 0.242 e. The summed E-state index contributed by atoms with van der Waals surface area (Å²) < 4.78 is 17.5. The van der Waals surface area contributed by atoms with Crippen LogP contribution < -0.4 is 26.9 Å². The number of hydrogen-bond donors (Lipinski definition) is 9. The highest BCUT2D eigenvalue weighted by Crippen LogP contribution is 2.52. The van der Waals surface area contributed by atoms with E-state index in [0.717, 1.165) is 19.3 Å². The molecule has 7 atom stereocenters. The highest BCUT2D eigenvalue weighted by molar-refractivity contribution is 8.00. The molecule has 2 saturated heterocycles. The number of rotatable bonds is 23. The molecule has 2 aromatic rings. The SMILES string of the molecule is CNC(=O)CCCCCN=C(N)CCCSC1CC(=O)N(CCCCCC(=O)N/N=C(/CO)[C@@]2(O)Cc3c(O)c4c(c(O)c3[C@H](O[C@@H]3C[C@@H](N)[C@@H](O)[C@@H](C)O3)C2)C(=O)c2c(OC)cccc2C4=O)C1=O. The van der Waals surface area contributed by atoms with Crippen LogP contribution in [0.25, 0.3) is 0 Å². The minimum Gasteiger partial charge on any atom is -0.507 e. The molecule has 4 amide bonds. The minimum absolute atomic E-state index is 0.0182. The van der Waals surface area contributed by atoms with E-state index in [-0.39, 0.29) is 77.2 Å². The minimum atomic E-state index is -2.19. The van der Waals surface area contributed by atoms with Gasteiger partial charge in [-0.2, -0.15) is 5.10 Å². The van der Waals surface area contributed by atoms with Gasteiger partial charge in [-0.3, -0.25) is 38.7 Å². The van der Waals surface area contributed by atoms with E-state index in [1.807, 2.05) is 0 Å². The molecule has 2 aliphatic heterocycles. The van der Waals surface area contributed by atoms with Crippen molar-refractivity contribution in [2.75, 3.05) is 39.6 Å². The molecule has 0 bridgehead atoms. The molecule has 1 unspecified atom stereocenters. The fourth-order valence-corrected chi connectivity index (χ4v) is 10.4. The molecule has 2 heterocycles. The highest BCUT2D eigenvalue weighted by atomic mass is 32.2. The number of nitrogens with one attached hydrogen (secondary N) is 2. The third kappa shape index (κ3) is 12.2. The number of ketones is 2. The van der Waals surface area contributed by atoms with Gasteiger partial charge in [-0.25, -0.2) is 5.43 Å². The summed E-state index contributed by atoms with van der Waals surface area (Å²) in [6, 6.07) is 3.56. The van der Waals surface area contributed by atoms with E-state index in [4.69, 9.17) is 25.7 Å². The van der Waals surface area contributed by atoms with Gasteiger partial charge >= 0.3 is 0 Å². The number of amides is 4. The number of hydrazone groups is 1. The Kier molecular flexibility index (Phi) is 18.5. The number of aliphatic imine (C=N–C) groups is 1. The molecular formula is C48H65N7O14S. The quantitative estimate of drug-likeness (QED) is 0.0163. The number of methoxy groups -OCH3 is 1. The molecule has 2 aromatic carbocycles. The number of unbranched alkanes of at least 4 members (excludes halogenated alkanes) is 4. The van der Waals surface area contributed by atoms with Crippen molar-refractivity contribution in [2.45, 2.75) is 138 Å². The number of aliphatic hydroxyl groups excluding tert-OH is 2. The molecule has 6 rings (SSSR count). The predicted molar refractivity (Wildman–Crippen MR) is 257 cm³/mol. The standard InChI is InChI=1S/C48H65N7O14S/c1-25-42(60)28(49)20-37(68-25)69-30-23-48(66,22-27-39(30)46(64)41-40(44(27)62)43(61)26-12-10-13-29(67-3)38(26)45(41)63)32(24-56)53-54-35(58)16-7-5-9-18-55-36(59)21-31(47(55)65)70-19-11-14-33(50)52-17-8-4-6-15-34(57)51-2/h10,12-13,25,28,30-31,37,42,56,60,62,64,66H,4-9,11,14-24,49H2,1-3H3,(H2,50,52)(H,51,57)(H,54,58)/b53-32-/t25-,28-,30-,31?,37-,42+,48-/m1/s1. The van der Waals surface area contributed by atoms with Crippen LogP contribution in [0.3, 0.4) is 0 Å². The number of amidine groups is 1. The fourth-order valence-electron chi connectivity index (χ4n) is 9.31. The van der Waals surface area contributed by atoms with Gasteiger partial charge < -0.3 is 56.5 Å². The van der Waals surface area contributed by atoms with E-state index in [1.165, 1.54) is 42.0 Å². The zero-order valence-corrected chi connectivity index (χ0v) is 40.6. The van der Waals surface area contributed by atoms with E-state index >= 15 is 0 Å². The van der Waals surface area contributed by atoms with Gasteiger partial charge in [-0.05, 0) is 50.8 Å². The first-order valence-corrected chi connectivity index (χ1v) is 24.7. The molecule has 0 aromatic heterocycles. The third-order valence-electron chi connectivity index (χ3n) is 13.2. The average molecular weight is 996 g/mol. The summed E-state index contributed by atoms with van der Waals surface area (Å²) in [7, 11) is 2.93.